The van der Waals surface area contributed by atoms with Crippen LogP contribution in [0.5, 0.6) is 5.75 Å². The maximum Gasteiger partial charge on any atom is 0.304 e. The highest BCUT2D eigenvalue weighted by Crippen LogP contribution is 2.34. The smallest absolute Gasteiger partial charge is 0.304 e. The van der Waals surface area contributed by atoms with Gasteiger partial charge in [0.2, 0.25) is 0 Å². The number of phenolic OH excluding ortho intramolecular Hbond substituents is 1. The Morgan fingerprint density at radius 3 is 2.37 bits per heavy atom. The fraction of sp³-hybridized carbons (Fsp3) is 0.533. The summed E-state index contributed by atoms with van der Waals surface area (Å²) in [5.74, 6) is -0.548. The maximum absolute atomic E-state index is 11.0. The van der Waals surface area contributed by atoms with E-state index in [1.165, 1.54) is 0 Å². The molecule has 1 rings (SSSR count). The van der Waals surface area contributed by atoms with Crippen molar-refractivity contribution in [3.8, 4) is 5.75 Å². The quantitative estimate of drug-likeness (QED) is 0.858. The Hall–Kier alpha value is -1.55. The van der Waals surface area contributed by atoms with Gasteiger partial charge in [-0.05, 0) is 38.2 Å². The van der Waals surface area contributed by atoms with Crippen LogP contribution in [0.2, 0.25) is 0 Å². The Balaban J connectivity index is 3.27. The lowest BCUT2D eigenvalue weighted by atomic mass is 9.78. The van der Waals surface area contributed by atoms with Crippen molar-refractivity contribution in [2.24, 2.45) is 0 Å². The number of carbonyl (C=O) groups is 1. The zero-order valence-electron chi connectivity index (χ0n) is 12.3. The van der Waals surface area contributed by atoms with E-state index in [0.29, 0.717) is 6.54 Å². The predicted octanol–water partition coefficient (Wildman–Crippen LogP) is 2.51. The third-order valence-corrected chi connectivity index (χ3v) is 3.37. The summed E-state index contributed by atoms with van der Waals surface area (Å²) in [7, 11) is 3.88. The van der Waals surface area contributed by atoms with Crippen LogP contribution in [0, 0.1) is 6.92 Å². The van der Waals surface area contributed by atoms with Crippen molar-refractivity contribution >= 4 is 5.97 Å². The van der Waals surface area contributed by atoms with Gasteiger partial charge in [0.05, 0.1) is 6.42 Å². The average Bonchev–Trinajstić information content (AvgIpc) is 2.21. The first kappa shape index (κ1) is 15.5. The van der Waals surface area contributed by atoms with E-state index in [4.69, 9.17) is 5.11 Å². The normalized spacial score (nSPS) is 11.9. The van der Waals surface area contributed by atoms with Crippen LogP contribution >= 0.6 is 0 Å². The molecule has 0 aliphatic carbocycles. The van der Waals surface area contributed by atoms with Crippen molar-refractivity contribution in [1.82, 2.24) is 4.90 Å². The minimum Gasteiger partial charge on any atom is -0.508 e. The summed E-state index contributed by atoms with van der Waals surface area (Å²) >= 11 is 0. The number of aliphatic carboxylic acids is 1. The summed E-state index contributed by atoms with van der Waals surface area (Å²) in [6, 6.07) is 3.48. The van der Waals surface area contributed by atoms with Gasteiger partial charge in [0.1, 0.15) is 5.75 Å². The van der Waals surface area contributed by atoms with E-state index >= 15 is 0 Å². The lowest BCUT2D eigenvalue weighted by Gasteiger charge is -2.27. The van der Waals surface area contributed by atoms with Crippen molar-refractivity contribution in [1.29, 1.82) is 0 Å². The minimum atomic E-state index is -0.813. The molecule has 0 saturated heterocycles. The van der Waals surface area contributed by atoms with E-state index in [1.54, 1.807) is 6.07 Å². The first-order chi connectivity index (χ1) is 8.65. The van der Waals surface area contributed by atoms with E-state index in [2.05, 4.69) is 0 Å². The van der Waals surface area contributed by atoms with Gasteiger partial charge in [0.25, 0.3) is 0 Å². The molecule has 0 saturated carbocycles. The summed E-state index contributed by atoms with van der Waals surface area (Å²) in [6.07, 6.45) is 0.0695. The van der Waals surface area contributed by atoms with E-state index < -0.39 is 11.4 Å². The number of hydrogen-bond acceptors (Lipinski definition) is 3. The molecule has 0 unspecified atom stereocenters. The fourth-order valence-electron chi connectivity index (χ4n) is 2.46. The van der Waals surface area contributed by atoms with Crippen LogP contribution in [-0.4, -0.2) is 35.2 Å². The van der Waals surface area contributed by atoms with E-state index in [0.717, 1.165) is 16.7 Å². The second kappa shape index (κ2) is 5.61. The molecule has 1 aromatic carbocycles. The van der Waals surface area contributed by atoms with Crippen LogP contribution in [-0.2, 0) is 16.8 Å². The minimum absolute atomic E-state index is 0.0695. The summed E-state index contributed by atoms with van der Waals surface area (Å²) in [5, 5.41) is 19.0. The van der Waals surface area contributed by atoms with Crippen LogP contribution in [0.3, 0.4) is 0 Å². The second-order valence-electron chi connectivity index (χ2n) is 5.93. The van der Waals surface area contributed by atoms with Gasteiger partial charge in [0.15, 0.2) is 0 Å². The lowest BCUT2D eigenvalue weighted by molar-refractivity contribution is -0.138. The Labute approximate surface area is 114 Å². The second-order valence-corrected chi connectivity index (χ2v) is 5.93. The molecule has 1 aromatic rings. The molecule has 0 amide bonds. The molecule has 0 aliphatic rings. The number of rotatable bonds is 5. The standard InChI is InChI=1S/C15H23NO3/c1-10-11(9-16(4)5)13(17)7-6-12(10)15(2,3)8-14(18)19/h6-7,17H,8-9H2,1-5H3,(H,18,19). The van der Waals surface area contributed by atoms with Crippen molar-refractivity contribution in [2.75, 3.05) is 14.1 Å². The van der Waals surface area contributed by atoms with Gasteiger partial charge in [-0.2, -0.15) is 0 Å². The topological polar surface area (TPSA) is 60.8 Å². The highest BCUT2D eigenvalue weighted by molar-refractivity contribution is 5.69. The molecule has 0 radical (unpaired) electrons. The Kier molecular flexibility index (Phi) is 4.58. The van der Waals surface area contributed by atoms with E-state index in [-0.39, 0.29) is 12.2 Å². The maximum atomic E-state index is 11.0. The third-order valence-electron chi connectivity index (χ3n) is 3.37. The largest absolute Gasteiger partial charge is 0.508 e. The molecule has 19 heavy (non-hydrogen) atoms. The summed E-state index contributed by atoms with van der Waals surface area (Å²) in [4.78, 5) is 13.0. The van der Waals surface area contributed by atoms with E-state index in [9.17, 15) is 9.90 Å². The molecule has 0 fully saturated rings. The SMILES string of the molecule is Cc1c(C(C)(C)CC(=O)O)ccc(O)c1CN(C)C. The van der Waals surface area contributed by atoms with Crippen LogP contribution in [0.25, 0.3) is 0 Å². The van der Waals surface area contributed by atoms with Gasteiger partial charge < -0.3 is 15.1 Å². The van der Waals surface area contributed by atoms with Gasteiger partial charge in [-0.1, -0.05) is 19.9 Å². The lowest BCUT2D eigenvalue weighted by Crippen LogP contribution is -2.24. The monoisotopic (exact) mass is 265 g/mol. The van der Waals surface area contributed by atoms with Crippen molar-refractivity contribution in [3.63, 3.8) is 0 Å². The summed E-state index contributed by atoms with van der Waals surface area (Å²) in [5.41, 5.74) is 2.36. The molecule has 0 heterocycles. The molecular formula is C15H23NO3. The van der Waals surface area contributed by atoms with Crippen LogP contribution in [0.4, 0.5) is 0 Å². The molecule has 106 valence electrons. The average molecular weight is 265 g/mol. The number of aromatic hydroxyl groups is 1. The van der Waals surface area contributed by atoms with Gasteiger partial charge in [-0.3, -0.25) is 4.79 Å². The first-order valence-corrected chi connectivity index (χ1v) is 6.33. The Bertz CT molecular complexity index is 479. The first-order valence-electron chi connectivity index (χ1n) is 6.33. The highest BCUT2D eigenvalue weighted by atomic mass is 16.4. The fourth-order valence-corrected chi connectivity index (χ4v) is 2.46. The zero-order chi connectivity index (χ0) is 14.8. The van der Waals surface area contributed by atoms with E-state index in [1.807, 2.05) is 45.8 Å². The molecule has 2 N–H and O–H groups in total. The predicted molar refractivity (Wildman–Crippen MR) is 75.5 cm³/mol. The Morgan fingerprint density at radius 1 is 1.32 bits per heavy atom. The van der Waals surface area contributed by atoms with Crippen LogP contribution < -0.4 is 0 Å². The summed E-state index contributed by atoms with van der Waals surface area (Å²) in [6.45, 7) is 6.41. The van der Waals surface area contributed by atoms with Gasteiger partial charge in [-0.25, -0.2) is 0 Å². The zero-order valence-corrected chi connectivity index (χ0v) is 12.3. The van der Waals surface area contributed by atoms with Gasteiger partial charge >= 0.3 is 5.97 Å². The number of carboxylic acid groups (broad SMARTS) is 1. The highest BCUT2D eigenvalue weighted by Gasteiger charge is 2.27. The molecule has 0 bridgehead atoms. The molecule has 4 nitrogen and oxygen atoms in total. The van der Waals surface area contributed by atoms with Crippen molar-refractivity contribution < 1.29 is 15.0 Å². The Morgan fingerprint density at radius 2 is 1.89 bits per heavy atom. The third kappa shape index (κ3) is 3.70. The number of carboxylic acids is 1. The van der Waals surface area contributed by atoms with Crippen LogP contribution in [0.1, 0.15) is 37.0 Å². The molecule has 0 spiro atoms. The summed E-state index contributed by atoms with van der Waals surface area (Å²) < 4.78 is 0. The number of nitrogens with zero attached hydrogens (tertiary/aromatic N) is 1. The molecule has 4 heteroatoms. The number of hydrogen-bond donors (Lipinski definition) is 2. The molecule has 0 atom stereocenters. The molecule has 0 aliphatic heterocycles. The van der Waals surface area contributed by atoms with Crippen molar-refractivity contribution in [3.05, 3.63) is 28.8 Å². The van der Waals surface area contributed by atoms with Gasteiger partial charge in [-0.15, -0.1) is 0 Å². The molecule has 0 aromatic heterocycles. The van der Waals surface area contributed by atoms with Crippen LogP contribution in [0.15, 0.2) is 12.1 Å². The number of benzene rings is 1. The number of phenols is 1. The molecular weight excluding hydrogens is 242 g/mol. The van der Waals surface area contributed by atoms with Gasteiger partial charge in [0, 0.05) is 17.5 Å². The van der Waals surface area contributed by atoms with Crippen molar-refractivity contribution in [2.45, 2.75) is 39.2 Å².